The molecule has 0 unspecified atom stereocenters. The van der Waals surface area contributed by atoms with Crippen LogP contribution in [-0.2, 0) is 0 Å². The fraction of sp³-hybridized carbons (Fsp3) is 0.0714. The van der Waals surface area contributed by atoms with E-state index in [1.54, 1.807) is 11.3 Å². The molecular formula is C14H12BrN3S. The van der Waals surface area contributed by atoms with Crippen LogP contribution in [0.2, 0.25) is 0 Å². The molecule has 3 aromatic rings. The van der Waals surface area contributed by atoms with Crippen molar-refractivity contribution in [2.24, 2.45) is 0 Å². The van der Waals surface area contributed by atoms with Crippen LogP contribution in [-0.4, -0.2) is 4.98 Å². The smallest absolute Gasteiger partial charge is 0.0813 e. The van der Waals surface area contributed by atoms with Gasteiger partial charge >= 0.3 is 0 Å². The van der Waals surface area contributed by atoms with Gasteiger partial charge in [0.2, 0.25) is 0 Å². The molecule has 0 bridgehead atoms. The molecule has 96 valence electrons. The summed E-state index contributed by atoms with van der Waals surface area (Å²) in [6.07, 6.45) is 0. The van der Waals surface area contributed by atoms with Gasteiger partial charge in [0.1, 0.15) is 0 Å². The minimum Gasteiger partial charge on any atom is -0.398 e. The summed E-state index contributed by atoms with van der Waals surface area (Å²) in [6, 6.07) is 10.1. The standard InChI is InChI=1S/C14H12BrN3S/c1-8-4-13(10(15)6-11(8)16)18-9-2-3-12-14(5-9)19-7-17-12/h2-7,18H,16H2,1H3. The highest BCUT2D eigenvalue weighted by Crippen LogP contribution is 2.31. The molecule has 0 radical (unpaired) electrons. The minimum atomic E-state index is 0.787. The fourth-order valence-electron chi connectivity index (χ4n) is 1.88. The Morgan fingerprint density at radius 2 is 2.11 bits per heavy atom. The maximum absolute atomic E-state index is 5.88. The van der Waals surface area contributed by atoms with Crippen LogP contribution < -0.4 is 11.1 Å². The number of aromatic nitrogens is 1. The topological polar surface area (TPSA) is 50.9 Å². The molecule has 0 aliphatic heterocycles. The molecule has 3 rings (SSSR count). The predicted molar refractivity (Wildman–Crippen MR) is 86.2 cm³/mol. The Kier molecular flexibility index (Phi) is 3.16. The Hall–Kier alpha value is -1.59. The Bertz CT molecular complexity index is 752. The molecule has 0 fully saturated rings. The van der Waals surface area contributed by atoms with E-state index in [2.05, 4.69) is 32.3 Å². The van der Waals surface area contributed by atoms with Crippen molar-refractivity contribution >= 4 is 54.5 Å². The third-order valence-corrected chi connectivity index (χ3v) is 4.41. The number of anilines is 3. The van der Waals surface area contributed by atoms with E-state index in [0.29, 0.717) is 0 Å². The Balaban J connectivity index is 1.98. The van der Waals surface area contributed by atoms with Crippen LogP contribution >= 0.6 is 27.3 Å². The lowest BCUT2D eigenvalue weighted by Crippen LogP contribution is -1.95. The summed E-state index contributed by atoms with van der Waals surface area (Å²) in [5, 5.41) is 3.40. The monoisotopic (exact) mass is 333 g/mol. The number of benzene rings is 2. The van der Waals surface area contributed by atoms with E-state index in [0.717, 1.165) is 32.6 Å². The van der Waals surface area contributed by atoms with E-state index >= 15 is 0 Å². The molecule has 0 saturated carbocycles. The zero-order valence-corrected chi connectivity index (χ0v) is 12.7. The second-order valence-corrected chi connectivity index (χ2v) is 6.09. The fourth-order valence-corrected chi connectivity index (χ4v) is 3.06. The Labute approximate surface area is 123 Å². The molecule has 1 aromatic heterocycles. The number of nitrogens with one attached hydrogen (secondary N) is 1. The summed E-state index contributed by atoms with van der Waals surface area (Å²) >= 11 is 5.17. The molecule has 0 aliphatic rings. The molecule has 0 saturated heterocycles. The van der Waals surface area contributed by atoms with Crippen LogP contribution in [0.25, 0.3) is 10.2 Å². The molecule has 0 spiro atoms. The van der Waals surface area contributed by atoms with E-state index in [-0.39, 0.29) is 0 Å². The van der Waals surface area contributed by atoms with Crippen molar-refractivity contribution in [2.75, 3.05) is 11.1 Å². The maximum Gasteiger partial charge on any atom is 0.0813 e. The van der Waals surface area contributed by atoms with Crippen LogP contribution in [0, 0.1) is 6.92 Å². The van der Waals surface area contributed by atoms with Crippen LogP contribution in [0.4, 0.5) is 17.1 Å². The number of thiazole rings is 1. The third-order valence-electron chi connectivity index (χ3n) is 2.97. The second-order valence-electron chi connectivity index (χ2n) is 4.35. The van der Waals surface area contributed by atoms with Crippen molar-refractivity contribution in [3.8, 4) is 0 Å². The van der Waals surface area contributed by atoms with Gasteiger partial charge in [0, 0.05) is 15.8 Å². The van der Waals surface area contributed by atoms with Gasteiger partial charge in [-0.05, 0) is 58.7 Å². The molecule has 0 aliphatic carbocycles. The second kappa shape index (κ2) is 4.83. The lowest BCUT2D eigenvalue weighted by molar-refractivity contribution is 1.43. The quantitative estimate of drug-likeness (QED) is 0.668. The highest BCUT2D eigenvalue weighted by molar-refractivity contribution is 9.10. The number of fused-ring (bicyclic) bond motifs is 1. The summed E-state index contributed by atoms with van der Waals surface area (Å²) in [6.45, 7) is 2.00. The normalized spacial score (nSPS) is 10.8. The first kappa shape index (κ1) is 12.4. The van der Waals surface area contributed by atoms with Crippen molar-refractivity contribution in [3.05, 3.63) is 45.9 Å². The highest BCUT2D eigenvalue weighted by atomic mass is 79.9. The van der Waals surface area contributed by atoms with E-state index in [9.17, 15) is 0 Å². The van der Waals surface area contributed by atoms with Gasteiger partial charge in [-0.1, -0.05) is 0 Å². The molecule has 0 atom stereocenters. The van der Waals surface area contributed by atoms with Crippen molar-refractivity contribution in [3.63, 3.8) is 0 Å². The minimum absolute atomic E-state index is 0.787. The van der Waals surface area contributed by atoms with Crippen molar-refractivity contribution in [2.45, 2.75) is 6.92 Å². The number of rotatable bonds is 2. The number of nitrogens with zero attached hydrogens (tertiary/aromatic N) is 1. The number of aryl methyl sites for hydroxylation is 1. The predicted octanol–water partition coefficient (Wildman–Crippen LogP) is 4.69. The van der Waals surface area contributed by atoms with E-state index in [1.807, 2.05) is 36.7 Å². The van der Waals surface area contributed by atoms with Crippen molar-refractivity contribution in [1.29, 1.82) is 0 Å². The van der Waals surface area contributed by atoms with Gasteiger partial charge in [-0.25, -0.2) is 4.98 Å². The summed E-state index contributed by atoms with van der Waals surface area (Å²) in [5.41, 5.74) is 12.7. The molecular weight excluding hydrogens is 322 g/mol. The van der Waals surface area contributed by atoms with Gasteiger partial charge in [-0.2, -0.15) is 0 Å². The lowest BCUT2D eigenvalue weighted by Gasteiger charge is -2.11. The average molecular weight is 334 g/mol. The zero-order valence-electron chi connectivity index (χ0n) is 10.3. The van der Waals surface area contributed by atoms with E-state index in [1.165, 1.54) is 4.70 Å². The number of nitrogen functional groups attached to an aromatic ring is 1. The van der Waals surface area contributed by atoms with E-state index < -0.39 is 0 Å². The summed E-state index contributed by atoms with van der Waals surface area (Å²) < 4.78 is 2.13. The first-order valence-corrected chi connectivity index (χ1v) is 7.46. The van der Waals surface area contributed by atoms with Gasteiger partial charge in [0.25, 0.3) is 0 Å². The SMILES string of the molecule is Cc1cc(Nc2ccc3ncsc3c2)c(Br)cc1N. The maximum atomic E-state index is 5.88. The largest absolute Gasteiger partial charge is 0.398 e. The first-order valence-electron chi connectivity index (χ1n) is 5.79. The lowest BCUT2D eigenvalue weighted by atomic mass is 10.2. The summed E-state index contributed by atoms with van der Waals surface area (Å²) in [5.74, 6) is 0. The Morgan fingerprint density at radius 3 is 2.95 bits per heavy atom. The van der Waals surface area contributed by atoms with Gasteiger partial charge in [0.05, 0.1) is 21.4 Å². The molecule has 19 heavy (non-hydrogen) atoms. The molecule has 2 aromatic carbocycles. The number of halogens is 1. The van der Waals surface area contributed by atoms with E-state index in [4.69, 9.17) is 5.73 Å². The first-order chi connectivity index (χ1) is 9.13. The number of nitrogens with two attached hydrogens (primary N) is 1. The van der Waals surface area contributed by atoms with Crippen LogP contribution in [0.5, 0.6) is 0 Å². The van der Waals surface area contributed by atoms with Crippen LogP contribution in [0.1, 0.15) is 5.56 Å². The number of hydrogen-bond acceptors (Lipinski definition) is 4. The van der Waals surface area contributed by atoms with Crippen LogP contribution in [0.15, 0.2) is 40.3 Å². The van der Waals surface area contributed by atoms with Gasteiger partial charge in [-0.3, -0.25) is 0 Å². The zero-order chi connectivity index (χ0) is 13.4. The van der Waals surface area contributed by atoms with Crippen molar-refractivity contribution in [1.82, 2.24) is 4.98 Å². The molecule has 0 amide bonds. The molecule has 1 heterocycles. The van der Waals surface area contributed by atoms with Gasteiger partial charge in [-0.15, -0.1) is 11.3 Å². The van der Waals surface area contributed by atoms with Crippen LogP contribution in [0.3, 0.4) is 0 Å². The summed E-state index contributed by atoms with van der Waals surface area (Å²) in [4.78, 5) is 4.28. The molecule has 3 nitrogen and oxygen atoms in total. The Morgan fingerprint density at radius 1 is 1.26 bits per heavy atom. The van der Waals surface area contributed by atoms with Crippen molar-refractivity contribution < 1.29 is 0 Å². The third kappa shape index (κ3) is 2.43. The van der Waals surface area contributed by atoms with Gasteiger partial charge < -0.3 is 11.1 Å². The average Bonchev–Trinajstić information content (AvgIpc) is 2.83. The number of hydrogen-bond donors (Lipinski definition) is 2. The molecule has 5 heteroatoms. The van der Waals surface area contributed by atoms with Gasteiger partial charge in [0.15, 0.2) is 0 Å². The highest BCUT2D eigenvalue weighted by Gasteiger charge is 2.05. The molecule has 3 N–H and O–H groups in total. The summed E-state index contributed by atoms with van der Waals surface area (Å²) in [7, 11) is 0.